The van der Waals surface area contributed by atoms with Crippen LogP contribution in [0.5, 0.6) is 5.75 Å². The van der Waals surface area contributed by atoms with Gasteiger partial charge in [0.25, 0.3) is 0 Å². The molecule has 1 aromatic heterocycles. The quantitative estimate of drug-likeness (QED) is 0.866. The lowest BCUT2D eigenvalue weighted by Crippen LogP contribution is -2.09. The highest BCUT2D eigenvalue weighted by atomic mass is 79.9. The number of hydrogen-bond acceptors (Lipinski definition) is 4. The molecule has 0 N–H and O–H groups in total. The first-order chi connectivity index (χ1) is 8.70. The van der Waals surface area contributed by atoms with Crippen LogP contribution in [-0.4, -0.2) is 21.4 Å². The second kappa shape index (κ2) is 5.85. The van der Waals surface area contributed by atoms with E-state index in [0.717, 1.165) is 4.47 Å². The molecule has 0 amide bonds. The minimum Gasteiger partial charge on any atom is -0.491 e. The van der Waals surface area contributed by atoms with Crippen molar-refractivity contribution >= 4 is 27.5 Å². The highest BCUT2D eigenvalue weighted by molar-refractivity contribution is 9.10. The number of nitriles is 1. The molecular weight excluding hydrogens is 320 g/mol. The summed E-state index contributed by atoms with van der Waals surface area (Å²) in [7, 11) is 0. The average Bonchev–Trinajstić information content (AvgIpc) is 2.79. The van der Waals surface area contributed by atoms with Crippen LogP contribution in [0.1, 0.15) is 5.82 Å². The van der Waals surface area contributed by atoms with Gasteiger partial charge in [-0.1, -0.05) is 11.6 Å². The Morgan fingerprint density at radius 1 is 1.50 bits per heavy atom. The van der Waals surface area contributed by atoms with Crippen molar-refractivity contribution in [1.29, 1.82) is 5.26 Å². The molecule has 0 radical (unpaired) electrons. The number of halogens is 2. The van der Waals surface area contributed by atoms with Gasteiger partial charge in [-0.15, -0.1) is 10.2 Å². The minimum absolute atomic E-state index is 0.272. The van der Waals surface area contributed by atoms with Gasteiger partial charge >= 0.3 is 0 Å². The fourth-order valence-electron chi connectivity index (χ4n) is 1.35. The van der Waals surface area contributed by atoms with Crippen LogP contribution < -0.4 is 4.74 Å². The monoisotopic (exact) mass is 326 g/mol. The van der Waals surface area contributed by atoms with E-state index in [2.05, 4.69) is 26.1 Å². The lowest BCUT2D eigenvalue weighted by Gasteiger charge is -2.08. The van der Waals surface area contributed by atoms with E-state index in [1.54, 1.807) is 22.8 Å². The third-order valence-corrected chi connectivity index (χ3v) is 3.05. The van der Waals surface area contributed by atoms with Gasteiger partial charge in [0.05, 0.1) is 11.0 Å². The van der Waals surface area contributed by atoms with Gasteiger partial charge in [0, 0.05) is 5.02 Å². The number of benzene rings is 1. The molecule has 0 atom stereocenters. The predicted molar refractivity (Wildman–Crippen MR) is 69.4 cm³/mol. The van der Waals surface area contributed by atoms with E-state index in [0.29, 0.717) is 23.9 Å². The summed E-state index contributed by atoms with van der Waals surface area (Å²) in [5.41, 5.74) is 0. The summed E-state index contributed by atoms with van der Waals surface area (Å²) in [5, 5.41) is 16.7. The van der Waals surface area contributed by atoms with Gasteiger partial charge in [-0.2, -0.15) is 5.26 Å². The fourth-order valence-corrected chi connectivity index (χ4v) is 2.15. The van der Waals surface area contributed by atoms with Crippen molar-refractivity contribution in [3.05, 3.63) is 39.8 Å². The first kappa shape index (κ1) is 12.9. The van der Waals surface area contributed by atoms with E-state index < -0.39 is 0 Å². The van der Waals surface area contributed by atoms with Crippen molar-refractivity contribution in [2.75, 3.05) is 6.61 Å². The number of rotatable bonds is 4. The minimum atomic E-state index is 0.272. The van der Waals surface area contributed by atoms with Crippen molar-refractivity contribution in [3.63, 3.8) is 0 Å². The third kappa shape index (κ3) is 3.00. The summed E-state index contributed by atoms with van der Waals surface area (Å²) in [5.74, 6) is 0.972. The molecule has 1 heterocycles. The predicted octanol–water partition coefficient (Wildman–Crippen LogP) is 2.64. The van der Waals surface area contributed by atoms with E-state index >= 15 is 0 Å². The molecule has 0 saturated heterocycles. The molecule has 5 nitrogen and oxygen atoms in total. The van der Waals surface area contributed by atoms with Crippen LogP contribution in [0.4, 0.5) is 0 Å². The van der Waals surface area contributed by atoms with Crippen molar-refractivity contribution in [2.45, 2.75) is 6.54 Å². The molecule has 1 aromatic carbocycles. The van der Waals surface area contributed by atoms with E-state index in [1.807, 2.05) is 6.07 Å². The SMILES string of the molecule is N#Cc1nncn1CCOc1ccc(Cl)cc1Br. The molecule has 0 aliphatic carbocycles. The Hall–Kier alpha value is -1.58. The highest BCUT2D eigenvalue weighted by Gasteiger charge is 2.04. The Labute approximate surface area is 117 Å². The first-order valence-electron chi connectivity index (χ1n) is 5.06. The average molecular weight is 328 g/mol. The molecule has 0 saturated carbocycles. The van der Waals surface area contributed by atoms with E-state index in [-0.39, 0.29) is 5.82 Å². The molecule has 0 aliphatic heterocycles. The molecule has 0 fully saturated rings. The van der Waals surface area contributed by atoms with Gasteiger partial charge in [-0.25, -0.2) is 0 Å². The Morgan fingerprint density at radius 2 is 2.33 bits per heavy atom. The van der Waals surface area contributed by atoms with E-state index in [9.17, 15) is 0 Å². The van der Waals surface area contributed by atoms with E-state index in [1.165, 1.54) is 6.33 Å². The summed E-state index contributed by atoms with van der Waals surface area (Å²) in [6.07, 6.45) is 1.50. The van der Waals surface area contributed by atoms with Crippen LogP contribution in [0.25, 0.3) is 0 Å². The highest BCUT2D eigenvalue weighted by Crippen LogP contribution is 2.27. The second-order valence-corrected chi connectivity index (χ2v) is 4.67. The number of hydrogen-bond donors (Lipinski definition) is 0. The lowest BCUT2D eigenvalue weighted by atomic mass is 10.3. The maximum atomic E-state index is 8.76. The number of ether oxygens (including phenoxy) is 1. The Bertz CT molecular complexity index is 593. The molecule has 0 spiro atoms. The Kier molecular flexibility index (Phi) is 4.18. The maximum absolute atomic E-state index is 8.76. The van der Waals surface area contributed by atoms with Gasteiger partial charge in [0.2, 0.25) is 5.82 Å². The topological polar surface area (TPSA) is 63.7 Å². The van der Waals surface area contributed by atoms with Gasteiger partial charge in [-0.05, 0) is 34.1 Å². The molecular formula is C11H8BrClN4O. The molecule has 2 aromatic rings. The molecule has 7 heteroatoms. The van der Waals surface area contributed by atoms with Crippen LogP contribution in [0.2, 0.25) is 5.02 Å². The van der Waals surface area contributed by atoms with Crippen LogP contribution in [0, 0.1) is 11.3 Å². The standard InChI is InChI=1S/C11H8BrClN4O/c12-9-5-8(13)1-2-10(9)18-4-3-17-7-15-16-11(17)6-14/h1-2,5,7H,3-4H2. The fraction of sp³-hybridized carbons (Fsp3) is 0.182. The van der Waals surface area contributed by atoms with Crippen LogP contribution >= 0.6 is 27.5 Å². The second-order valence-electron chi connectivity index (χ2n) is 3.38. The zero-order valence-corrected chi connectivity index (χ0v) is 11.5. The third-order valence-electron chi connectivity index (χ3n) is 2.20. The summed E-state index contributed by atoms with van der Waals surface area (Å²) in [6, 6.07) is 7.24. The normalized spacial score (nSPS) is 10.1. The molecule has 18 heavy (non-hydrogen) atoms. The molecule has 92 valence electrons. The van der Waals surface area contributed by atoms with E-state index in [4.69, 9.17) is 21.6 Å². The van der Waals surface area contributed by atoms with Crippen LogP contribution in [-0.2, 0) is 6.54 Å². The van der Waals surface area contributed by atoms with Gasteiger partial charge in [-0.3, -0.25) is 0 Å². The van der Waals surface area contributed by atoms with Gasteiger partial charge in [0.1, 0.15) is 24.8 Å². The van der Waals surface area contributed by atoms with Crippen molar-refractivity contribution in [2.24, 2.45) is 0 Å². The number of nitrogens with zero attached hydrogens (tertiary/aromatic N) is 4. The smallest absolute Gasteiger partial charge is 0.234 e. The maximum Gasteiger partial charge on any atom is 0.234 e. The summed E-state index contributed by atoms with van der Waals surface area (Å²) < 4.78 is 7.99. The largest absolute Gasteiger partial charge is 0.491 e. The zero-order valence-electron chi connectivity index (χ0n) is 9.18. The molecule has 0 unspecified atom stereocenters. The van der Waals surface area contributed by atoms with Crippen LogP contribution in [0.3, 0.4) is 0 Å². The summed E-state index contributed by atoms with van der Waals surface area (Å²) in [6.45, 7) is 0.915. The first-order valence-corrected chi connectivity index (χ1v) is 6.23. The summed E-state index contributed by atoms with van der Waals surface area (Å²) >= 11 is 9.19. The molecule has 0 bridgehead atoms. The molecule has 0 aliphatic rings. The lowest BCUT2D eigenvalue weighted by molar-refractivity contribution is 0.296. The van der Waals surface area contributed by atoms with Gasteiger partial charge < -0.3 is 9.30 Å². The molecule has 2 rings (SSSR count). The van der Waals surface area contributed by atoms with Crippen LogP contribution in [0.15, 0.2) is 29.0 Å². The van der Waals surface area contributed by atoms with Gasteiger partial charge in [0.15, 0.2) is 0 Å². The zero-order chi connectivity index (χ0) is 13.0. The Balaban J connectivity index is 1.95. The van der Waals surface area contributed by atoms with Crippen molar-refractivity contribution < 1.29 is 4.74 Å². The summed E-state index contributed by atoms with van der Waals surface area (Å²) in [4.78, 5) is 0. The Morgan fingerprint density at radius 3 is 3.06 bits per heavy atom. The van der Waals surface area contributed by atoms with Crippen molar-refractivity contribution in [3.8, 4) is 11.8 Å². The number of aromatic nitrogens is 3. The van der Waals surface area contributed by atoms with Crippen molar-refractivity contribution in [1.82, 2.24) is 14.8 Å².